The van der Waals surface area contributed by atoms with Crippen molar-refractivity contribution in [2.24, 2.45) is 17.4 Å². The number of hydrogen-bond donors (Lipinski definition) is 3. The molecule has 1 rings (SSSR count). The summed E-state index contributed by atoms with van der Waals surface area (Å²) in [6, 6.07) is 0.282. The standard InChI is InChI=1S/C8H17N3O2/c9-4-6-2-1-3-7(6)11-13-5-8(10)12/h6-7,11H,1-5,9H2,(H2,10,12). The third-order valence-electron chi connectivity index (χ3n) is 2.41. The molecule has 13 heavy (non-hydrogen) atoms. The summed E-state index contributed by atoms with van der Waals surface area (Å²) in [4.78, 5) is 15.3. The van der Waals surface area contributed by atoms with Gasteiger partial charge in [0.15, 0.2) is 0 Å². The summed E-state index contributed by atoms with van der Waals surface area (Å²) in [6.07, 6.45) is 3.36. The van der Waals surface area contributed by atoms with Crippen LogP contribution in [0.25, 0.3) is 0 Å². The highest BCUT2D eigenvalue weighted by Crippen LogP contribution is 2.24. The van der Waals surface area contributed by atoms with Crippen LogP contribution in [0.15, 0.2) is 0 Å². The lowest BCUT2D eigenvalue weighted by Crippen LogP contribution is -2.37. The highest BCUT2D eigenvalue weighted by Gasteiger charge is 2.25. The molecule has 5 nitrogen and oxygen atoms in total. The molecule has 2 atom stereocenters. The van der Waals surface area contributed by atoms with Gasteiger partial charge >= 0.3 is 0 Å². The van der Waals surface area contributed by atoms with Crippen molar-refractivity contribution in [3.05, 3.63) is 0 Å². The maximum atomic E-state index is 10.4. The fraction of sp³-hybridized carbons (Fsp3) is 0.875. The molecule has 5 N–H and O–H groups in total. The van der Waals surface area contributed by atoms with Crippen LogP contribution in [0.2, 0.25) is 0 Å². The molecule has 76 valence electrons. The molecule has 2 unspecified atom stereocenters. The Balaban J connectivity index is 2.16. The second kappa shape index (κ2) is 5.16. The highest BCUT2D eigenvalue weighted by molar-refractivity contribution is 5.74. The zero-order valence-corrected chi connectivity index (χ0v) is 7.66. The molecule has 0 heterocycles. The molecular weight excluding hydrogens is 170 g/mol. The van der Waals surface area contributed by atoms with Gasteiger partial charge in [0.2, 0.25) is 5.91 Å². The maximum absolute atomic E-state index is 10.4. The van der Waals surface area contributed by atoms with Gasteiger partial charge in [-0.1, -0.05) is 6.42 Å². The van der Waals surface area contributed by atoms with E-state index in [2.05, 4.69) is 5.48 Å². The van der Waals surface area contributed by atoms with Gasteiger partial charge in [-0.2, -0.15) is 5.48 Å². The minimum Gasteiger partial charge on any atom is -0.368 e. The van der Waals surface area contributed by atoms with Crippen LogP contribution in [-0.4, -0.2) is 25.1 Å². The van der Waals surface area contributed by atoms with E-state index in [0.29, 0.717) is 12.5 Å². The van der Waals surface area contributed by atoms with Gasteiger partial charge in [0.05, 0.1) is 0 Å². The number of rotatable bonds is 5. The van der Waals surface area contributed by atoms with E-state index in [4.69, 9.17) is 16.3 Å². The van der Waals surface area contributed by atoms with Crippen LogP contribution in [0.5, 0.6) is 0 Å². The normalized spacial score (nSPS) is 27.8. The van der Waals surface area contributed by atoms with E-state index >= 15 is 0 Å². The summed E-state index contributed by atoms with van der Waals surface area (Å²) >= 11 is 0. The Morgan fingerprint density at radius 2 is 2.31 bits per heavy atom. The van der Waals surface area contributed by atoms with Crippen molar-refractivity contribution >= 4 is 5.91 Å². The second-order valence-electron chi connectivity index (χ2n) is 3.41. The van der Waals surface area contributed by atoms with E-state index in [1.807, 2.05) is 0 Å². The van der Waals surface area contributed by atoms with Gasteiger partial charge in [0, 0.05) is 6.04 Å². The molecular formula is C8H17N3O2. The minimum absolute atomic E-state index is 0.0756. The zero-order valence-electron chi connectivity index (χ0n) is 7.66. The van der Waals surface area contributed by atoms with Crippen LogP contribution in [-0.2, 0) is 9.63 Å². The average Bonchev–Trinajstić information content (AvgIpc) is 2.51. The molecule has 5 heteroatoms. The highest BCUT2D eigenvalue weighted by atomic mass is 16.6. The third-order valence-corrected chi connectivity index (χ3v) is 2.41. The third kappa shape index (κ3) is 3.30. The van der Waals surface area contributed by atoms with E-state index in [9.17, 15) is 4.79 Å². The first kappa shape index (κ1) is 10.4. The van der Waals surface area contributed by atoms with E-state index in [-0.39, 0.29) is 12.6 Å². The van der Waals surface area contributed by atoms with Crippen LogP contribution in [0, 0.1) is 5.92 Å². The number of primary amides is 1. The largest absolute Gasteiger partial charge is 0.368 e. The Morgan fingerprint density at radius 3 is 2.92 bits per heavy atom. The van der Waals surface area contributed by atoms with Crippen molar-refractivity contribution < 1.29 is 9.63 Å². The van der Waals surface area contributed by atoms with E-state index in [0.717, 1.165) is 12.8 Å². The average molecular weight is 187 g/mol. The van der Waals surface area contributed by atoms with Crippen LogP contribution in [0.3, 0.4) is 0 Å². The second-order valence-corrected chi connectivity index (χ2v) is 3.41. The van der Waals surface area contributed by atoms with E-state index in [1.165, 1.54) is 6.42 Å². The van der Waals surface area contributed by atoms with Gasteiger partial charge < -0.3 is 11.5 Å². The Morgan fingerprint density at radius 1 is 1.54 bits per heavy atom. The van der Waals surface area contributed by atoms with Crippen molar-refractivity contribution in [3.8, 4) is 0 Å². The lowest BCUT2D eigenvalue weighted by atomic mass is 10.1. The molecule has 0 bridgehead atoms. The lowest BCUT2D eigenvalue weighted by Gasteiger charge is -2.18. The zero-order chi connectivity index (χ0) is 9.68. The summed E-state index contributed by atoms with van der Waals surface area (Å²) in [5.74, 6) is 0.00247. The van der Waals surface area contributed by atoms with Crippen LogP contribution < -0.4 is 16.9 Å². The minimum atomic E-state index is -0.463. The van der Waals surface area contributed by atoms with Crippen LogP contribution >= 0.6 is 0 Å². The predicted molar refractivity (Wildman–Crippen MR) is 48.5 cm³/mol. The molecule has 1 amide bonds. The molecule has 0 radical (unpaired) electrons. The van der Waals surface area contributed by atoms with Gasteiger partial charge in [-0.25, -0.2) is 0 Å². The number of hydroxylamine groups is 1. The fourth-order valence-electron chi connectivity index (χ4n) is 1.69. The number of nitrogens with one attached hydrogen (secondary N) is 1. The molecule has 1 aliphatic carbocycles. The first-order valence-corrected chi connectivity index (χ1v) is 4.59. The van der Waals surface area contributed by atoms with Gasteiger partial charge in [-0.05, 0) is 25.3 Å². The van der Waals surface area contributed by atoms with E-state index in [1.54, 1.807) is 0 Å². The summed E-state index contributed by atoms with van der Waals surface area (Å²) < 4.78 is 0. The van der Waals surface area contributed by atoms with Crippen molar-refractivity contribution in [3.63, 3.8) is 0 Å². The Kier molecular flexibility index (Phi) is 4.14. The molecule has 0 saturated heterocycles. The lowest BCUT2D eigenvalue weighted by molar-refractivity contribution is -0.126. The number of hydrogen-bond acceptors (Lipinski definition) is 4. The Labute approximate surface area is 77.7 Å². The number of amides is 1. The van der Waals surface area contributed by atoms with Gasteiger partial charge in [0.1, 0.15) is 6.61 Å². The maximum Gasteiger partial charge on any atom is 0.245 e. The molecule has 0 aromatic heterocycles. The SMILES string of the molecule is NCC1CCCC1NOCC(N)=O. The monoisotopic (exact) mass is 187 g/mol. The summed E-state index contributed by atoms with van der Waals surface area (Å²) in [6.45, 7) is 0.589. The summed E-state index contributed by atoms with van der Waals surface area (Å²) in [5, 5.41) is 0. The Bertz CT molecular complexity index is 175. The number of carbonyl (C=O) groups is 1. The van der Waals surface area contributed by atoms with Crippen molar-refractivity contribution in [1.82, 2.24) is 5.48 Å². The van der Waals surface area contributed by atoms with E-state index < -0.39 is 5.91 Å². The topological polar surface area (TPSA) is 90.4 Å². The van der Waals surface area contributed by atoms with Gasteiger partial charge in [-0.15, -0.1) is 0 Å². The van der Waals surface area contributed by atoms with Crippen LogP contribution in [0.4, 0.5) is 0 Å². The fourth-order valence-corrected chi connectivity index (χ4v) is 1.69. The van der Waals surface area contributed by atoms with Gasteiger partial charge in [-0.3, -0.25) is 9.63 Å². The summed E-state index contributed by atoms with van der Waals surface area (Å²) in [7, 11) is 0. The molecule has 1 fully saturated rings. The molecule has 1 saturated carbocycles. The van der Waals surface area contributed by atoms with Crippen molar-refractivity contribution in [2.45, 2.75) is 25.3 Å². The molecule has 0 aliphatic heterocycles. The smallest absolute Gasteiger partial charge is 0.245 e. The first-order valence-electron chi connectivity index (χ1n) is 4.59. The quantitative estimate of drug-likeness (QED) is 0.487. The molecule has 0 aromatic carbocycles. The van der Waals surface area contributed by atoms with Gasteiger partial charge in [0.25, 0.3) is 0 Å². The first-order chi connectivity index (χ1) is 6.24. The van der Waals surface area contributed by atoms with Crippen LogP contribution in [0.1, 0.15) is 19.3 Å². The van der Waals surface area contributed by atoms with Crippen molar-refractivity contribution in [1.29, 1.82) is 0 Å². The van der Waals surface area contributed by atoms with Crippen molar-refractivity contribution in [2.75, 3.05) is 13.2 Å². The number of carbonyl (C=O) groups excluding carboxylic acids is 1. The predicted octanol–water partition coefficient (Wildman–Crippen LogP) is -0.880. The summed E-state index contributed by atoms with van der Waals surface area (Å²) in [5.41, 5.74) is 13.3. The molecule has 1 aliphatic rings. The molecule has 0 spiro atoms. The molecule has 0 aromatic rings. The Hall–Kier alpha value is -0.650. The number of nitrogens with two attached hydrogens (primary N) is 2.